The minimum absolute atomic E-state index is 0.0578. The van der Waals surface area contributed by atoms with Gasteiger partial charge in [-0.25, -0.2) is 4.98 Å². The molecule has 8 nitrogen and oxygen atoms in total. The first kappa shape index (κ1) is 21.0. The SMILES string of the molecule is COCc1cc(-c2cc3cc([C@H]4CC[C@@H](OC(O)NC(C)C)C4)cnc3[nH]2)n(C)n1. The van der Waals surface area contributed by atoms with Crippen LogP contribution in [0.3, 0.4) is 0 Å². The number of rotatable bonds is 8. The van der Waals surface area contributed by atoms with Crippen LogP contribution >= 0.6 is 0 Å². The number of aryl methyl sites for hydroxylation is 1. The van der Waals surface area contributed by atoms with Gasteiger partial charge in [0, 0.05) is 31.8 Å². The Morgan fingerprint density at radius 3 is 2.90 bits per heavy atom. The highest BCUT2D eigenvalue weighted by molar-refractivity contribution is 5.82. The van der Waals surface area contributed by atoms with E-state index < -0.39 is 6.41 Å². The molecule has 30 heavy (non-hydrogen) atoms. The van der Waals surface area contributed by atoms with E-state index in [-0.39, 0.29) is 12.1 Å². The summed E-state index contributed by atoms with van der Waals surface area (Å²) < 4.78 is 12.8. The molecule has 0 aliphatic heterocycles. The third-order valence-corrected chi connectivity index (χ3v) is 5.64. The van der Waals surface area contributed by atoms with Crippen molar-refractivity contribution in [1.82, 2.24) is 25.1 Å². The molecule has 0 spiro atoms. The van der Waals surface area contributed by atoms with E-state index >= 15 is 0 Å². The molecule has 0 amide bonds. The van der Waals surface area contributed by atoms with Crippen LogP contribution in [0.15, 0.2) is 24.4 Å². The minimum atomic E-state index is -0.913. The Morgan fingerprint density at radius 1 is 1.30 bits per heavy atom. The first-order valence-electron chi connectivity index (χ1n) is 10.5. The van der Waals surface area contributed by atoms with Gasteiger partial charge in [0.2, 0.25) is 6.41 Å². The van der Waals surface area contributed by atoms with E-state index in [2.05, 4.69) is 32.5 Å². The van der Waals surface area contributed by atoms with Crippen molar-refractivity contribution in [2.45, 2.75) is 64.2 Å². The predicted molar refractivity (Wildman–Crippen MR) is 115 cm³/mol. The van der Waals surface area contributed by atoms with Crippen LogP contribution in [0.4, 0.5) is 0 Å². The number of aromatic nitrogens is 4. The number of aromatic amines is 1. The highest BCUT2D eigenvalue weighted by Gasteiger charge is 2.29. The fraction of sp³-hybridized carbons (Fsp3) is 0.545. The van der Waals surface area contributed by atoms with Gasteiger partial charge in [0.05, 0.1) is 29.8 Å². The number of methoxy groups -OCH3 is 1. The van der Waals surface area contributed by atoms with Crippen LogP contribution in [0.25, 0.3) is 22.4 Å². The maximum Gasteiger partial charge on any atom is 0.213 e. The molecule has 3 atom stereocenters. The van der Waals surface area contributed by atoms with Crippen molar-refractivity contribution < 1.29 is 14.6 Å². The normalized spacial score (nSPS) is 20.5. The fourth-order valence-electron chi connectivity index (χ4n) is 4.26. The Bertz CT molecular complexity index is 996. The summed E-state index contributed by atoms with van der Waals surface area (Å²) in [6, 6.07) is 6.55. The zero-order chi connectivity index (χ0) is 21.3. The first-order chi connectivity index (χ1) is 14.4. The molecule has 1 saturated carbocycles. The molecular formula is C22H31N5O3. The van der Waals surface area contributed by atoms with Gasteiger partial charge in [-0.2, -0.15) is 5.10 Å². The van der Waals surface area contributed by atoms with Crippen molar-refractivity contribution in [3.63, 3.8) is 0 Å². The molecule has 0 radical (unpaired) electrons. The highest BCUT2D eigenvalue weighted by atomic mass is 16.6. The number of hydrogen-bond donors (Lipinski definition) is 3. The molecule has 0 saturated heterocycles. The van der Waals surface area contributed by atoms with Gasteiger partial charge in [-0.1, -0.05) is 0 Å². The number of hydrogen-bond acceptors (Lipinski definition) is 6. The van der Waals surface area contributed by atoms with Crippen molar-refractivity contribution in [1.29, 1.82) is 0 Å². The largest absolute Gasteiger partial charge is 0.378 e. The van der Waals surface area contributed by atoms with Gasteiger partial charge in [-0.15, -0.1) is 0 Å². The van der Waals surface area contributed by atoms with E-state index in [9.17, 15) is 5.11 Å². The number of aliphatic hydroxyl groups excluding tert-OH is 1. The maximum atomic E-state index is 9.98. The second-order valence-electron chi connectivity index (χ2n) is 8.41. The lowest BCUT2D eigenvalue weighted by Gasteiger charge is -2.20. The average Bonchev–Trinajstić information content (AvgIpc) is 3.38. The fourth-order valence-corrected chi connectivity index (χ4v) is 4.26. The first-order valence-corrected chi connectivity index (χ1v) is 10.5. The summed E-state index contributed by atoms with van der Waals surface area (Å²) in [5.74, 6) is 0.390. The van der Waals surface area contributed by atoms with Gasteiger partial charge in [0.15, 0.2) is 0 Å². The molecule has 3 aromatic rings. The van der Waals surface area contributed by atoms with E-state index in [1.807, 2.05) is 37.8 Å². The van der Waals surface area contributed by atoms with Crippen LogP contribution < -0.4 is 5.32 Å². The summed E-state index contributed by atoms with van der Waals surface area (Å²) in [4.78, 5) is 8.06. The zero-order valence-corrected chi connectivity index (χ0v) is 18.1. The van der Waals surface area contributed by atoms with Crippen LogP contribution in [-0.4, -0.2) is 50.5 Å². The zero-order valence-electron chi connectivity index (χ0n) is 18.1. The van der Waals surface area contributed by atoms with Crippen molar-refractivity contribution in [3.8, 4) is 11.4 Å². The molecule has 1 unspecified atom stereocenters. The second kappa shape index (κ2) is 8.85. The van der Waals surface area contributed by atoms with Crippen molar-refractivity contribution in [3.05, 3.63) is 35.7 Å². The van der Waals surface area contributed by atoms with Gasteiger partial charge in [0.25, 0.3) is 0 Å². The molecule has 3 aromatic heterocycles. The lowest BCUT2D eigenvalue weighted by atomic mass is 9.98. The number of ether oxygens (including phenoxy) is 2. The number of nitrogens with zero attached hydrogens (tertiary/aromatic N) is 3. The lowest BCUT2D eigenvalue weighted by Crippen LogP contribution is -2.38. The smallest absolute Gasteiger partial charge is 0.213 e. The van der Waals surface area contributed by atoms with Crippen molar-refractivity contribution in [2.75, 3.05) is 7.11 Å². The summed E-state index contributed by atoms with van der Waals surface area (Å²) in [6.07, 6.45) is 3.97. The topological polar surface area (TPSA) is 97.2 Å². The van der Waals surface area contributed by atoms with E-state index in [1.54, 1.807) is 7.11 Å². The third-order valence-electron chi connectivity index (χ3n) is 5.64. The monoisotopic (exact) mass is 413 g/mol. The Morgan fingerprint density at radius 2 is 2.13 bits per heavy atom. The molecule has 3 N–H and O–H groups in total. The Hall–Kier alpha value is -2.26. The predicted octanol–water partition coefficient (Wildman–Crippen LogP) is 3.04. The third kappa shape index (κ3) is 4.57. The van der Waals surface area contributed by atoms with Gasteiger partial charge in [0.1, 0.15) is 5.65 Å². The van der Waals surface area contributed by atoms with Crippen LogP contribution in [0.2, 0.25) is 0 Å². The van der Waals surface area contributed by atoms with Crippen molar-refractivity contribution >= 4 is 11.0 Å². The molecular weight excluding hydrogens is 382 g/mol. The van der Waals surface area contributed by atoms with Gasteiger partial charge < -0.3 is 19.6 Å². The quantitative estimate of drug-likeness (QED) is 0.491. The van der Waals surface area contributed by atoms with Gasteiger partial charge in [-0.05, 0) is 62.8 Å². The van der Waals surface area contributed by atoms with Crippen LogP contribution in [0.1, 0.15) is 50.3 Å². The number of pyridine rings is 1. The second-order valence-corrected chi connectivity index (χ2v) is 8.41. The Labute approximate surface area is 176 Å². The molecule has 0 aromatic carbocycles. The molecule has 1 fully saturated rings. The highest BCUT2D eigenvalue weighted by Crippen LogP contribution is 2.37. The summed E-state index contributed by atoms with van der Waals surface area (Å²) in [7, 11) is 3.60. The average molecular weight is 414 g/mol. The molecule has 162 valence electrons. The maximum absolute atomic E-state index is 9.98. The summed E-state index contributed by atoms with van der Waals surface area (Å²) in [5.41, 5.74) is 4.97. The van der Waals surface area contributed by atoms with Gasteiger partial charge in [-0.3, -0.25) is 10.00 Å². The van der Waals surface area contributed by atoms with Crippen LogP contribution in [0, 0.1) is 0 Å². The van der Waals surface area contributed by atoms with Gasteiger partial charge >= 0.3 is 0 Å². The molecule has 1 aliphatic carbocycles. The van der Waals surface area contributed by atoms with Crippen molar-refractivity contribution in [2.24, 2.45) is 7.05 Å². The van der Waals surface area contributed by atoms with E-state index in [0.29, 0.717) is 12.5 Å². The summed E-state index contributed by atoms with van der Waals surface area (Å²) >= 11 is 0. The lowest BCUT2D eigenvalue weighted by molar-refractivity contribution is -0.155. The molecule has 4 rings (SSSR count). The van der Waals surface area contributed by atoms with Crippen LogP contribution in [0.5, 0.6) is 0 Å². The molecule has 0 bridgehead atoms. The number of fused-ring (bicyclic) bond motifs is 1. The van der Waals surface area contributed by atoms with E-state index in [4.69, 9.17) is 9.47 Å². The van der Waals surface area contributed by atoms with E-state index in [1.165, 1.54) is 5.56 Å². The minimum Gasteiger partial charge on any atom is -0.378 e. The summed E-state index contributed by atoms with van der Waals surface area (Å²) in [5, 5.41) is 18.5. The van der Waals surface area contributed by atoms with Crippen LogP contribution in [-0.2, 0) is 23.1 Å². The molecule has 1 aliphatic rings. The number of aliphatic hydroxyl groups is 1. The van der Waals surface area contributed by atoms with E-state index in [0.717, 1.165) is 47.4 Å². The summed E-state index contributed by atoms with van der Waals surface area (Å²) in [6.45, 7) is 4.46. The Balaban J connectivity index is 1.48. The number of H-pyrrole nitrogens is 1. The number of nitrogens with one attached hydrogen (secondary N) is 2. The molecule has 8 heteroatoms. The molecule has 3 heterocycles. The standard InChI is InChI=1S/C22H31N5O3/c1-13(2)24-22(28)30-18-6-5-14(8-18)16-7-15-9-19(25-21(15)23-11-16)20-10-17(12-29-4)26-27(20)3/h7,9-11,13-14,18,22,24,28H,5-6,8,12H2,1-4H3,(H,23,25)/t14-,18+,22?/m0/s1. The Kier molecular flexibility index (Phi) is 6.19.